The van der Waals surface area contributed by atoms with Gasteiger partial charge >= 0.3 is 0 Å². The Hall–Kier alpha value is -2.33. The average molecular weight is 361 g/mol. The fourth-order valence-electron chi connectivity index (χ4n) is 1.84. The minimum absolute atomic E-state index is 0.218. The van der Waals surface area contributed by atoms with Crippen molar-refractivity contribution in [2.24, 2.45) is 7.05 Å². The third kappa shape index (κ3) is 4.15. The topological polar surface area (TPSA) is 98.5 Å². The number of carbonyl (C=O) groups is 1. The number of hydrogen-bond acceptors (Lipinski definition) is 8. The molecule has 0 aliphatic carbocycles. The van der Waals surface area contributed by atoms with E-state index in [1.54, 1.807) is 11.7 Å². The molecule has 0 atom stereocenters. The van der Waals surface area contributed by atoms with Gasteiger partial charge in [0.05, 0.1) is 5.75 Å². The Balaban J connectivity index is 1.53. The van der Waals surface area contributed by atoms with Crippen LogP contribution in [0.5, 0.6) is 0 Å². The summed E-state index contributed by atoms with van der Waals surface area (Å²) in [5.41, 5.74) is 2.23. The van der Waals surface area contributed by atoms with Crippen LogP contribution >= 0.6 is 23.1 Å². The maximum atomic E-state index is 12.1. The van der Waals surface area contributed by atoms with Crippen LogP contribution in [0.15, 0.2) is 29.4 Å². The van der Waals surface area contributed by atoms with Gasteiger partial charge in [-0.1, -0.05) is 52.9 Å². The van der Waals surface area contributed by atoms with Crippen molar-refractivity contribution in [1.82, 2.24) is 35.7 Å². The number of tetrazole rings is 1. The molecule has 1 N–H and O–H groups in total. The van der Waals surface area contributed by atoms with Crippen molar-refractivity contribution in [2.75, 3.05) is 0 Å². The molecule has 1 amide bonds. The van der Waals surface area contributed by atoms with E-state index in [1.165, 1.54) is 28.7 Å². The SMILES string of the molecule is Cc1ccc(CNC(=O)c2nnc(CSc3nnnn3C)s2)cc1. The van der Waals surface area contributed by atoms with Gasteiger partial charge in [-0.25, -0.2) is 4.68 Å². The number of aryl methyl sites for hydroxylation is 2. The number of hydrogen-bond donors (Lipinski definition) is 1. The van der Waals surface area contributed by atoms with Crippen LogP contribution in [0, 0.1) is 6.92 Å². The summed E-state index contributed by atoms with van der Waals surface area (Å²) in [6.07, 6.45) is 0. The number of benzene rings is 1. The smallest absolute Gasteiger partial charge is 0.282 e. The van der Waals surface area contributed by atoms with E-state index in [0.717, 1.165) is 10.6 Å². The molecule has 124 valence electrons. The number of nitrogens with zero attached hydrogens (tertiary/aromatic N) is 6. The normalized spacial score (nSPS) is 10.8. The Bertz CT molecular complexity index is 828. The molecule has 2 heterocycles. The number of rotatable bonds is 6. The highest BCUT2D eigenvalue weighted by Crippen LogP contribution is 2.21. The highest BCUT2D eigenvalue weighted by Gasteiger charge is 2.13. The van der Waals surface area contributed by atoms with Crippen LogP contribution in [0.2, 0.25) is 0 Å². The molecule has 24 heavy (non-hydrogen) atoms. The first-order valence-electron chi connectivity index (χ1n) is 7.13. The lowest BCUT2D eigenvalue weighted by Gasteiger charge is -2.03. The average Bonchev–Trinajstić information content (AvgIpc) is 3.21. The van der Waals surface area contributed by atoms with E-state index in [-0.39, 0.29) is 5.91 Å². The number of thioether (sulfide) groups is 1. The second-order valence-corrected chi connectivity index (χ2v) is 7.05. The van der Waals surface area contributed by atoms with E-state index >= 15 is 0 Å². The van der Waals surface area contributed by atoms with Gasteiger partial charge in [0.2, 0.25) is 10.2 Å². The number of amides is 1. The summed E-state index contributed by atoms with van der Waals surface area (Å²) in [6.45, 7) is 2.49. The Morgan fingerprint density at radius 2 is 2.04 bits per heavy atom. The molecular formula is C14H15N7OS2. The van der Waals surface area contributed by atoms with Gasteiger partial charge in [-0.05, 0) is 22.9 Å². The van der Waals surface area contributed by atoms with Crippen molar-refractivity contribution in [3.05, 3.63) is 45.4 Å². The fraction of sp³-hybridized carbons (Fsp3) is 0.286. The summed E-state index contributed by atoms with van der Waals surface area (Å²) in [7, 11) is 1.77. The summed E-state index contributed by atoms with van der Waals surface area (Å²) in [4.78, 5) is 12.1. The summed E-state index contributed by atoms with van der Waals surface area (Å²) in [5.74, 6) is 0.349. The summed E-state index contributed by atoms with van der Waals surface area (Å²) >= 11 is 2.72. The molecule has 0 saturated carbocycles. The van der Waals surface area contributed by atoms with Crippen LogP contribution in [0.4, 0.5) is 0 Å². The molecule has 2 aromatic heterocycles. The molecular weight excluding hydrogens is 346 g/mol. The van der Waals surface area contributed by atoms with Crippen LogP contribution in [-0.2, 0) is 19.3 Å². The fourth-order valence-corrected chi connectivity index (χ4v) is 3.43. The number of carbonyl (C=O) groups excluding carboxylic acids is 1. The third-order valence-electron chi connectivity index (χ3n) is 3.14. The maximum Gasteiger partial charge on any atom is 0.282 e. The quantitative estimate of drug-likeness (QED) is 0.666. The lowest BCUT2D eigenvalue weighted by atomic mass is 10.1. The van der Waals surface area contributed by atoms with Crippen molar-refractivity contribution < 1.29 is 4.79 Å². The van der Waals surface area contributed by atoms with Gasteiger partial charge in [-0.2, -0.15) is 0 Å². The van der Waals surface area contributed by atoms with Gasteiger partial charge < -0.3 is 5.32 Å². The Morgan fingerprint density at radius 3 is 2.75 bits per heavy atom. The van der Waals surface area contributed by atoms with Crippen LogP contribution in [0.25, 0.3) is 0 Å². The van der Waals surface area contributed by atoms with E-state index in [0.29, 0.717) is 22.5 Å². The van der Waals surface area contributed by atoms with E-state index in [4.69, 9.17) is 0 Å². The highest BCUT2D eigenvalue weighted by atomic mass is 32.2. The molecule has 0 radical (unpaired) electrons. The number of aromatic nitrogens is 6. The zero-order valence-corrected chi connectivity index (χ0v) is 14.8. The summed E-state index contributed by atoms with van der Waals surface area (Å²) in [5, 5.41) is 23.9. The van der Waals surface area contributed by atoms with Crippen molar-refractivity contribution in [3.8, 4) is 0 Å². The Labute approximate surface area is 146 Å². The highest BCUT2D eigenvalue weighted by molar-refractivity contribution is 7.98. The maximum absolute atomic E-state index is 12.1. The monoisotopic (exact) mass is 361 g/mol. The van der Waals surface area contributed by atoms with Crippen LogP contribution in [-0.4, -0.2) is 36.3 Å². The molecule has 0 spiro atoms. The van der Waals surface area contributed by atoms with Gasteiger partial charge in [0.15, 0.2) is 0 Å². The zero-order valence-electron chi connectivity index (χ0n) is 13.1. The lowest BCUT2D eigenvalue weighted by Crippen LogP contribution is -2.22. The van der Waals surface area contributed by atoms with Crippen molar-refractivity contribution >= 4 is 29.0 Å². The second kappa shape index (κ2) is 7.49. The first kappa shape index (κ1) is 16.5. The molecule has 3 rings (SSSR count). The molecule has 0 saturated heterocycles. The zero-order chi connectivity index (χ0) is 16.9. The van der Waals surface area contributed by atoms with Crippen LogP contribution in [0.3, 0.4) is 0 Å². The Morgan fingerprint density at radius 1 is 1.25 bits per heavy atom. The molecule has 0 unspecified atom stereocenters. The third-order valence-corrected chi connectivity index (χ3v) is 5.27. The van der Waals surface area contributed by atoms with E-state index in [2.05, 4.69) is 31.0 Å². The van der Waals surface area contributed by atoms with Gasteiger partial charge in [-0.15, -0.1) is 15.3 Å². The van der Waals surface area contributed by atoms with Crippen LogP contribution < -0.4 is 5.32 Å². The molecule has 10 heteroatoms. The van der Waals surface area contributed by atoms with Crippen molar-refractivity contribution in [3.63, 3.8) is 0 Å². The van der Waals surface area contributed by atoms with Gasteiger partial charge in [0.25, 0.3) is 5.91 Å². The standard InChI is InChI=1S/C14H15N7OS2/c1-9-3-5-10(6-4-9)7-15-12(22)13-17-16-11(24-13)8-23-14-18-19-20-21(14)2/h3-6H,7-8H2,1-2H3,(H,15,22). The second-order valence-electron chi connectivity index (χ2n) is 5.04. The summed E-state index contributed by atoms with van der Waals surface area (Å²) in [6, 6.07) is 8.02. The predicted molar refractivity (Wildman–Crippen MR) is 90.6 cm³/mol. The number of nitrogens with one attached hydrogen (secondary N) is 1. The van der Waals surface area contributed by atoms with E-state index in [9.17, 15) is 4.79 Å². The largest absolute Gasteiger partial charge is 0.346 e. The first-order chi connectivity index (χ1) is 11.6. The van der Waals surface area contributed by atoms with Gasteiger partial charge in [0, 0.05) is 13.6 Å². The van der Waals surface area contributed by atoms with Crippen molar-refractivity contribution in [1.29, 1.82) is 0 Å². The minimum atomic E-state index is -0.218. The van der Waals surface area contributed by atoms with Gasteiger partial charge in [0.1, 0.15) is 5.01 Å². The van der Waals surface area contributed by atoms with E-state index in [1.807, 2.05) is 31.2 Å². The molecule has 1 aromatic carbocycles. The molecule has 0 bridgehead atoms. The van der Waals surface area contributed by atoms with Gasteiger partial charge in [-0.3, -0.25) is 4.79 Å². The Kier molecular flexibility index (Phi) is 5.16. The lowest BCUT2D eigenvalue weighted by molar-refractivity contribution is 0.0950. The van der Waals surface area contributed by atoms with Crippen molar-refractivity contribution in [2.45, 2.75) is 24.4 Å². The predicted octanol–water partition coefficient (Wildman–Crippen LogP) is 1.59. The molecule has 8 nitrogen and oxygen atoms in total. The molecule has 0 aliphatic heterocycles. The molecule has 3 aromatic rings. The molecule has 0 aliphatic rings. The van der Waals surface area contributed by atoms with Crippen LogP contribution in [0.1, 0.15) is 25.9 Å². The first-order valence-corrected chi connectivity index (χ1v) is 8.93. The van der Waals surface area contributed by atoms with E-state index < -0.39 is 0 Å². The molecule has 0 fully saturated rings. The minimum Gasteiger partial charge on any atom is -0.346 e. The summed E-state index contributed by atoms with van der Waals surface area (Å²) < 4.78 is 1.58.